The van der Waals surface area contributed by atoms with Gasteiger partial charge in [0, 0.05) is 11.9 Å². The lowest BCUT2D eigenvalue weighted by molar-refractivity contribution is -0.138. The summed E-state index contributed by atoms with van der Waals surface area (Å²) < 4.78 is 54.1. The zero-order valence-corrected chi connectivity index (χ0v) is 15.0. The normalized spacial score (nSPS) is 13.7. The van der Waals surface area contributed by atoms with Crippen LogP contribution in [0.4, 0.5) is 23.2 Å². The molecule has 3 rings (SSSR count). The molecule has 0 spiro atoms. The highest BCUT2D eigenvalue weighted by molar-refractivity contribution is 5.97. The van der Waals surface area contributed by atoms with Crippen LogP contribution in [0.25, 0.3) is 10.9 Å². The molecule has 3 aromatic rings. The zero-order valence-electron chi connectivity index (χ0n) is 15.0. The molecule has 0 saturated carbocycles. The number of hydrogen-bond donors (Lipinski definition) is 2. The minimum absolute atomic E-state index is 0.200. The van der Waals surface area contributed by atoms with Crippen LogP contribution >= 0.6 is 0 Å². The Morgan fingerprint density at radius 3 is 2.66 bits per heavy atom. The molecule has 0 saturated heterocycles. The van der Waals surface area contributed by atoms with Crippen LogP contribution < -0.4 is 5.32 Å². The van der Waals surface area contributed by atoms with Crippen LogP contribution in [-0.2, 0) is 17.5 Å². The number of aliphatic hydroxyl groups is 1. The Hall–Kier alpha value is -3.45. The molecule has 10 heteroatoms. The predicted octanol–water partition coefficient (Wildman–Crippen LogP) is 3.46. The third-order valence-corrected chi connectivity index (χ3v) is 4.21. The molecule has 6 nitrogen and oxygen atoms in total. The maximum Gasteiger partial charge on any atom is 0.417 e. The number of anilines is 1. The van der Waals surface area contributed by atoms with Crippen LogP contribution in [0.3, 0.4) is 0 Å². The second-order valence-corrected chi connectivity index (χ2v) is 6.60. The van der Waals surface area contributed by atoms with E-state index in [1.54, 1.807) is 6.07 Å². The highest BCUT2D eigenvalue weighted by Gasteiger charge is 2.35. The average molecular weight is 406 g/mol. The molecule has 1 atom stereocenters. The molecule has 0 fully saturated rings. The predicted molar refractivity (Wildman–Crippen MR) is 95.1 cm³/mol. The summed E-state index contributed by atoms with van der Waals surface area (Å²) in [6, 6.07) is 8.36. The molecule has 1 heterocycles. The number of nitrogens with one attached hydrogen (secondary N) is 1. The van der Waals surface area contributed by atoms with Gasteiger partial charge in [-0.15, -0.1) is 0 Å². The van der Waals surface area contributed by atoms with Crippen molar-refractivity contribution in [3.05, 3.63) is 59.5 Å². The van der Waals surface area contributed by atoms with Crippen LogP contribution in [0.5, 0.6) is 0 Å². The topological polar surface area (TPSA) is 90.9 Å². The summed E-state index contributed by atoms with van der Waals surface area (Å²) in [7, 11) is 0. The largest absolute Gasteiger partial charge is 0.417 e. The lowest BCUT2D eigenvalue weighted by Gasteiger charge is -2.22. The summed E-state index contributed by atoms with van der Waals surface area (Å²) in [4.78, 5) is 12.4. The van der Waals surface area contributed by atoms with Crippen molar-refractivity contribution in [1.82, 2.24) is 9.78 Å². The number of benzene rings is 2. The first-order valence-electron chi connectivity index (χ1n) is 8.28. The Labute approximate surface area is 162 Å². The molecule has 0 radical (unpaired) electrons. The van der Waals surface area contributed by atoms with Crippen molar-refractivity contribution >= 4 is 22.5 Å². The van der Waals surface area contributed by atoms with E-state index >= 15 is 0 Å². The minimum Gasteiger partial charge on any atom is -0.378 e. The number of rotatable bonds is 4. The third kappa shape index (κ3) is 4.20. The molecule has 29 heavy (non-hydrogen) atoms. The molecule has 1 amide bonds. The van der Waals surface area contributed by atoms with Crippen LogP contribution in [0.2, 0.25) is 0 Å². The number of nitriles is 1. The van der Waals surface area contributed by atoms with Crippen molar-refractivity contribution in [3.63, 3.8) is 0 Å². The van der Waals surface area contributed by atoms with Crippen LogP contribution in [-0.4, -0.2) is 26.4 Å². The summed E-state index contributed by atoms with van der Waals surface area (Å²) in [5.41, 5.74) is -3.77. The molecular weight excluding hydrogens is 392 g/mol. The fourth-order valence-electron chi connectivity index (χ4n) is 2.74. The lowest BCUT2D eigenvalue weighted by Crippen LogP contribution is -2.43. The van der Waals surface area contributed by atoms with Crippen molar-refractivity contribution in [1.29, 1.82) is 5.26 Å². The average Bonchev–Trinajstić information content (AvgIpc) is 3.04. The number of amides is 1. The number of fused-ring (bicyclic) bond motifs is 1. The number of halogens is 4. The van der Waals surface area contributed by atoms with Crippen molar-refractivity contribution in [3.8, 4) is 6.07 Å². The molecule has 2 N–H and O–H groups in total. The van der Waals surface area contributed by atoms with Crippen molar-refractivity contribution in [2.75, 3.05) is 5.32 Å². The van der Waals surface area contributed by atoms with E-state index in [1.807, 2.05) is 0 Å². The van der Waals surface area contributed by atoms with Gasteiger partial charge in [-0.3, -0.25) is 9.48 Å². The van der Waals surface area contributed by atoms with E-state index in [4.69, 9.17) is 5.26 Å². The smallest absolute Gasteiger partial charge is 0.378 e. The van der Waals surface area contributed by atoms with Crippen molar-refractivity contribution in [2.45, 2.75) is 25.2 Å². The zero-order chi connectivity index (χ0) is 21.4. The molecule has 1 unspecified atom stereocenters. The van der Waals surface area contributed by atoms with Gasteiger partial charge >= 0.3 is 6.18 Å². The van der Waals surface area contributed by atoms with Gasteiger partial charge < -0.3 is 10.4 Å². The van der Waals surface area contributed by atoms with E-state index < -0.39 is 34.6 Å². The van der Waals surface area contributed by atoms with Gasteiger partial charge in [0.15, 0.2) is 5.60 Å². The Bertz CT molecular complexity index is 1130. The number of hydrogen-bond acceptors (Lipinski definition) is 4. The van der Waals surface area contributed by atoms with E-state index in [-0.39, 0.29) is 17.6 Å². The highest BCUT2D eigenvalue weighted by atomic mass is 19.4. The van der Waals surface area contributed by atoms with Gasteiger partial charge in [-0.1, -0.05) is 6.07 Å². The first kappa shape index (κ1) is 20.3. The number of nitrogens with zero attached hydrogens (tertiary/aromatic N) is 3. The first-order valence-corrected chi connectivity index (χ1v) is 8.28. The lowest BCUT2D eigenvalue weighted by atomic mass is 10.0. The van der Waals surface area contributed by atoms with Gasteiger partial charge in [-0.25, -0.2) is 4.39 Å². The Kier molecular flexibility index (Phi) is 5.02. The maximum atomic E-state index is 13.8. The molecule has 0 bridgehead atoms. The Morgan fingerprint density at radius 2 is 2.03 bits per heavy atom. The van der Waals surface area contributed by atoms with E-state index in [0.29, 0.717) is 11.6 Å². The highest BCUT2D eigenvalue weighted by Crippen LogP contribution is 2.33. The summed E-state index contributed by atoms with van der Waals surface area (Å²) in [6.45, 7) is 0.786. The summed E-state index contributed by atoms with van der Waals surface area (Å²) in [5, 5.41) is 25.8. The number of carbonyl (C=O) groups excluding carboxylic acids is 1. The molecule has 2 aromatic carbocycles. The molecule has 0 aliphatic heterocycles. The SMILES string of the molecule is CC(O)(Cn1cc2c(F)cccc2n1)C(=O)Nc1ccc(C#N)c(C(F)(F)F)c1. The van der Waals surface area contributed by atoms with Crippen molar-refractivity contribution < 1.29 is 27.5 Å². The molecule has 0 aliphatic carbocycles. The molecular formula is C19H14F4N4O2. The van der Waals surface area contributed by atoms with Crippen LogP contribution in [0.15, 0.2) is 42.6 Å². The minimum atomic E-state index is -4.78. The van der Waals surface area contributed by atoms with Crippen LogP contribution in [0.1, 0.15) is 18.1 Å². The molecule has 150 valence electrons. The standard InChI is InChI=1S/C19H14F4N4O2/c1-18(29,10-27-9-13-15(20)3-2-4-16(13)26-27)17(28)25-12-6-5-11(8-24)14(7-12)19(21,22)23/h2-7,9,29H,10H2,1H3,(H,25,28). The Morgan fingerprint density at radius 1 is 1.31 bits per heavy atom. The quantitative estimate of drug-likeness (QED) is 0.650. The van der Waals surface area contributed by atoms with Gasteiger partial charge in [0.2, 0.25) is 0 Å². The van der Waals surface area contributed by atoms with Gasteiger partial charge in [0.25, 0.3) is 5.91 Å². The van der Waals surface area contributed by atoms with Gasteiger partial charge in [-0.05, 0) is 37.3 Å². The third-order valence-electron chi connectivity index (χ3n) is 4.21. The first-order chi connectivity index (χ1) is 13.5. The second kappa shape index (κ2) is 7.18. The fraction of sp³-hybridized carbons (Fsp3) is 0.211. The van der Waals surface area contributed by atoms with Crippen LogP contribution in [0, 0.1) is 17.1 Å². The summed E-state index contributed by atoms with van der Waals surface area (Å²) in [5.74, 6) is -1.51. The second-order valence-electron chi connectivity index (χ2n) is 6.60. The van der Waals surface area contributed by atoms with E-state index in [9.17, 15) is 27.5 Å². The van der Waals surface area contributed by atoms with E-state index in [2.05, 4.69) is 10.4 Å². The fourth-order valence-corrected chi connectivity index (χ4v) is 2.74. The van der Waals surface area contributed by atoms with E-state index in [1.165, 1.54) is 29.1 Å². The Balaban J connectivity index is 1.82. The van der Waals surface area contributed by atoms with Crippen molar-refractivity contribution in [2.24, 2.45) is 0 Å². The monoisotopic (exact) mass is 406 g/mol. The number of carbonyl (C=O) groups is 1. The molecule has 0 aliphatic rings. The summed E-state index contributed by atoms with van der Waals surface area (Å²) >= 11 is 0. The molecule has 1 aromatic heterocycles. The van der Waals surface area contributed by atoms with E-state index in [0.717, 1.165) is 19.1 Å². The maximum absolute atomic E-state index is 13.8. The van der Waals surface area contributed by atoms with Gasteiger partial charge in [0.05, 0.1) is 34.6 Å². The van der Waals surface area contributed by atoms with Gasteiger partial charge in [0.1, 0.15) is 5.82 Å². The summed E-state index contributed by atoms with van der Waals surface area (Å²) in [6.07, 6.45) is -3.47. The number of aromatic nitrogens is 2. The number of alkyl halides is 3. The van der Waals surface area contributed by atoms with Gasteiger partial charge in [-0.2, -0.15) is 23.5 Å².